The van der Waals surface area contributed by atoms with E-state index in [2.05, 4.69) is 10.6 Å². The van der Waals surface area contributed by atoms with Crippen molar-refractivity contribution in [3.63, 3.8) is 0 Å². The van der Waals surface area contributed by atoms with E-state index in [9.17, 15) is 9.59 Å². The van der Waals surface area contributed by atoms with E-state index in [1.165, 1.54) is 0 Å². The van der Waals surface area contributed by atoms with Gasteiger partial charge in [-0.1, -0.05) is 0 Å². The molecule has 0 aliphatic heterocycles. The quantitative estimate of drug-likeness (QED) is 0.748. The number of rotatable bonds is 3. The van der Waals surface area contributed by atoms with Crippen LogP contribution in [0.1, 0.15) is 29.8 Å². The summed E-state index contributed by atoms with van der Waals surface area (Å²) in [4.78, 5) is 23.2. The number of carbonyl (C=O) groups is 2. The maximum Gasteiger partial charge on any atom is 0.251 e. The number of aryl methyl sites for hydroxylation is 1. The van der Waals surface area contributed by atoms with Crippen molar-refractivity contribution in [2.45, 2.75) is 26.3 Å². The fourth-order valence-corrected chi connectivity index (χ4v) is 1.37. The van der Waals surface area contributed by atoms with Crippen molar-refractivity contribution in [1.82, 2.24) is 5.32 Å². The number of benzene rings is 1. The molecule has 1 aromatic rings. The Kier molecular flexibility index (Phi) is 4.08. The van der Waals surface area contributed by atoms with Gasteiger partial charge in [0.05, 0.1) is 5.54 Å². The minimum atomic E-state index is -0.939. The highest BCUT2D eigenvalue weighted by Crippen LogP contribution is 2.17. The third kappa shape index (κ3) is 3.30. The van der Waals surface area contributed by atoms with Gasteiger partial charge in [0, 0.05) is 18.3 Å². The number of carbonyl (C=O) groups excluding carboxylic acids is 2. The predicted octanol–water partition coefficient (Wildman–Crippen LogP) is 1.03. The molecule has 0 atom stereocenters. The summed E-state index contributed by atoms with van der Waals surface area (Å²) in [5.74, 6) is -0.423. The Morgan fingerprint density at radius 1 is 1.28 bits per heavy atom. The fourth-order valence-electron chi connectivity index (χ4n) is 1.37. The molecular weight excluding hydrogens is 230 g/mol. The van der Waals surface area contributed by atoms with Crippen LogP contribution in [0.2, 0.25) is 0 Å². The zero-order chi connectivity index (χ0) is 13.9. The van der Waals surface area contributed by atoms with Gasteiger partial charge in [-0.05, 0) is 44.5 Å². The van der Waals surface area contributed by atoms with Gasteiger partial charge in [-0.2, -0.15) is 0 Å². The molecule has 0 unspecified atom stereocenters. The lowest BCUT2D eigenvalue weighted by Crippen LogP contribution is -2.45. The van der Waals surface area contributed by atoms with Crippen LogP contribution in [-0.4, -0.2) is 24.4 Å². The first kappa shape index (κ1) is 14.2. The Bertz CT molecular complexity index is 476. The number of hydrogen-bond acceptors (Lipinski definition) is 3. The van der Waals surface area contributed by atoms with E-state index in [4.69, 9.17) is 5.73 Å². The Balaban J connectivity index is 2.94. The highest BCUT2D eigenvalue weighted by molar-refractivity contribution is 5.99. The third-order valence-electron chi connectivity index (χ3n) is 2.55. The number of hydrogen-bond donors (Lipinski definition) is 3. The van der Waals surface area contributed by atoms with Crippen LogP contribution in [0.5, 0.6) is 0 Å². The zero-order valence-electron chi connectivity index (χ0n) is 11.1. The number of nitrogens with one attached hydrogen (secondary N) is 2. The van der Waals surface area contributed by atoms with E-state index in [1.807, 2.05) is 6.92 Å². The van der Waals surface area contributed by atoms with Crippen molar-refractivity contribution < 1.29 is 9.59 Å². The molecule has 5 heteroatoms. The largest absolute Gasteiger partial charge is 0.355 e. The van der Waals surface area contributed by atoms with Crippen molar-refractivity contribution in [2.75, 3.05) is 12.4 Å². The van der Waals surface area contributed by atoms with E-state index in [-0.39, 0.29) is 11.8 Å². The summed E-state index contributed by atoms with van der Waals surface area (Å²) in [6, 6.07) is 5.08. The lowest BCUT2D eigenvalue weighted by molar-refractivity contribution is -0.120. The van der Waals surface area contributed by atoms with Gasteiger partial charge in [-0.3, -0.25) is 9.59 Å². The zero-order valence-corrected chi connectivity index (χ0v) is 11.1. The molecule has 0 radical (unpaired) electrons. The van der Waals surface area contributed by atoms with Crippen LogP contribution in [0.3, 0.4) is 0 Å². The summed E-state index contributed by atoms with van der Waals surface area (Å²) in [7, 11) is 1.57. The summed E-state index contributed by atoms with van der Waals surface area (Å²) in [6.07, 6.45) is 0. The maximum atomic E-state index is 11.7. The molecule has 0 aromatic heterocycles. The van der Waals surface area contributed by atoms with Crippen molar-refractivity contribution >= 4 is 17.5 Å². The average molecular weight is 249 g/mol. The molecule has 2 amide bonds. The van der Waals surface area contributed by atoms with Crippen LogP contribution in [-0.2, 0) is 4.79 Å². The normalized spacial score (nSPS) is 10.9. The number of amides is 2. The summed E-state index contributed by atoms with van der Waals surface area (Å²) < 4.78 is 0. The molecule has 0 spiro atoms. The molecule has 0 heterocycles. The smallest absolute Gasteiger partial charge is 0.251 e. The molecule has 4 N–H and O–H groups in total. The fraction of sp³-hybridized carbons (Fsp3) is 0.385. The minimum Gasteiger partial charge on any atom is -0.355 e. The second-order valence-corrected chi connectivity index (χ2v) is 4.78. The van der Waals surface area contributed by atoms with E-state index in [1.54, 1.807) is 39.1 Å². The van der Waals surface area contributed by atoms with Gasteiger partial charge in [0.1, 0.15) is 0 Å². The second-order valence-electron chi connectivity index (χ2n) is 4.78. The highest BCUT2D eigenvalue weighted by Gasteiger charge is 2.22. The molecule has 0 fully saturated rings. The van der Waals surface area contributed by atoms with Crippen LogP contribution in [0, 0.1) is 6.92 Å². The van der Waals surface area contributed by atoms with Crippen molar-refractivity contribution in [2.24, 2.45) is 5.73 Å². The van der Waals surface area contributed by atoms with Gasteiger partial charge in [0.25, 0.3) is 5.91 Å². The first-order valence-corrected chi connectivity index (χ1v) is 5.68. The van der Waals surface area contributed by atoms with E-state index >= 15 is 0 Å². The molecule has 0 saturated carbocycles. The predicted molar refractivity (Wildman–Crippen MR) is 71.5 cm³/mol. The molecule has 18 heavy (non-hydrogen) atoms. The molecule has 1 rings (SSSR count). The Morgan fingerprint density at radius 3 is 2.33 bits per heavy atom. The Hall–Kier alpha value is -1.88. The lowest BCUT2D eigenvalue weighted by Gasteiger charge is -2.19. The van der Waals surface area contributed by atoms with Crippen LogP contribution in [0.4, 0.5) is 5.69 Å². The first-order chi connectivity index (χ1) is 8.25. The van der Waals surface area contributed by atoms with Crippen LogP contribution < -0.4 is 16.4 Å². The standard InChI is InChI=1S/C13H19N3O2/c1-8-7-9(11(17)15-4)5-6-10(8)16-12(18)13(2,3)14/h5-7H,14H2,1-4H3,(H,15,17)(H,16,18). The Labute approximate surface area is 107 Å². The monoisotopic (exact) mass is 249 g/mol. The van der Waals surface area contributed by atoms with Crippen molar-refractivity contribution in [3.05, 3.63) is 29.3 Å². The molecule has 5 nitrogen and oxygen atoms in total. The Morgan fingerprint density at radius 2 is 1.89 bits per heavy atom. The van der Waals surface area contributed by atoms with Gasteiger partial charge < -0.3 is 16.4 Å². The average Bonchev–Trinajstić information content (AvgIpc) is 2.29. The van der Waals surface area contributed by atoms with Gasteiger partial charge in [-0.15, -0.1) is 0 Å². The molecule has 0 aliphatic rings. The van der Waals surface area contributed by atoms with Crippen LogP contribution in [0.25, 0.3) is 0 Å². The minimum absolute atomic E-state index is 0.157. The van der Waals surface area contributed by atoms with E-state index in [0.29, 0.717) is 11.3 Å². The van der Waals surface area contributed by atoms with Gasteiger partial charge in [0.2, 0.25) is 5.91 Å². The molecule has 1 aromatic carbocycles. The van der Waals surface area contributed by atoms with Crippen molar-refractivity contribution in [1.29, 1.82) is 0 Å². The number of nitrogens with two attached hydrogens (primary N) is 1. The summed E-state index contributed by atoms with van der Waals surface area (Å²) >= 11 is 0. The molecule has 0 bridgehead atoms. The second kappa shape index (κ2) is 5.18. The third-order valence-corrected chi connectivity index (χ3v) is 2.55. The van der Waals surface area contributed by atoms with Gasteiger partial charge >= 0.3 is 0 Å². The highest BCUT2D eigenvalue weighted by atomic mass is 16.2. The van der Waals surface area contributed by atoms with E-state index < -0.39 is 5.54 Å². The lowest BCUT2D eigenvalue weighted by atomic mass is 10.0. The van der Waals surface area contributed by atoms with E-state index in [0.717, 1.165) is 5.56 Å². The topological polar surface area (TPSA) is 84.2 Å². The van der Waals surface area contributed by atoms with Gasteiger partial charge in [0.15, 0.2) is 0 Å². The molecular formula is C13H19N3O2. The molecule has 0 aliphatic carbocycles. The molecule has 0 saturated heterocycles. The van der Waals surface area contributed by atoms with Crippen molar-refractivity contribution in [3.8, 4) is 0 Å². The van der Waals surface area contributed by atoms with Crippen LogP contribution in [0.15, 0.2) is 18.2 Å². The summed E-state index contributed by atoms with van der Waals surface area (Å²) in [5.41, 5.74) is 6.79. The summed E-state index contributed by atoms with van der Waals surface area (Å²) in [5, 5.41) is 5.29. The SMILES string of the molecule is CNC(=O)c1ccc(NC(=O)C(C)(C)N)c(C)c1. The molecule has 98 valence electrons. The van der Waals surface area contributed by atoms with Gasteiger partial charge in [-0.25, -0.2) is 0 Å². The number of anilines is 1. The maximum absolute atomic E-state index is 11.7. The summed E-state index contributed by atoms with van der Waals surface area (Å²) in [6.45, 7) is 5.10. The first-order valence-electron chi connectivity index (χ1n) is 5.68. The van der Waals surface area contributed by atoms with Crippen LogP contribution >= 0.6 is 0 Å².